The van der Waals surface area contributed by atoms with Gasteiger partial charge in [-0.3, -0.25) is 4.79 Å². The van der Waals surface area contributed by atoms with Gasteiger partial charge in [-0.15, -0.1) is 0 Å². The molecule has 2 N–H and O–H groups in total. The fourth-order valence-electron chi connectivity index (χ4n) is 0.633. The second-order valence-electron chi connectivity index (χ2n) is 2.28. The van der Waals surface area contributed by atoms with Crippen molar-refractivity contribution in [3.8, 4) is 0 Å². The van der Waals surface area contributed by atoms with E-state index in [0.29, 0.717) is 5.56 Å². The van der Waals surface area contributed by atoms with E-state index in [1.54, 1.807) is 12.1 Å². The zero-order chi connectivity index (χ0) is 11.0. The minimum absolute atomic E-state index is 0.112. The van der Waals surface area contributed by atoms with Crippen LogP contribution in [0.2, 0.25) is 0 Å². The number of nitrogens with zero attached hydrogens (tertiary/aromatic N) is 1. The summed E-state index contributed by atoms with van der Waals surface area (Å²) in [6, 6.07) is 9.04. The number of hydrogen-bond donors (Lipinski definition) is 2. The fraction of sp³-hybridized carbons (Fsp3) is 0.111. The van der Waals surface area contributed by atoms with Gasteiger partial charge in [0.25, 0.3) is 5.97 Å². The molecule has 1 aromatic rings. The first-order chi connectivity index (χ1) is 6.57. The maximum Gasteiger partial charge on any atom is 0.300 e. The number of benzene rings is 1. The summed E-state index contributed by atoms with van der Waals surface area (Å²) in [6.07, 6.45) is 0. The van der Waals surface area contributed by atoms with Gasteiger partial charge in [-0.25, -0.2) is 0 Å². The van der Waals surface area contributed by atoms with Crippen molar-refractivity contribution in [2.75, 3.05) is 0 Å². The largest absolute Gasteiger partial charge is 0.481 e. The molecule has 76 valence electrons. The Kier molecular flexibility index (Phi) is 6.15. The number of rotatable bonds is 1. The predicted molar refractivity (Wildman–Crippen MR) is 53.9 cm³/mol. The first-order valence-corrected chi connectivity index (χ1v) is 4.08. The van der Waals surface area contributed by atoms with Crippen molar-refractivity contribution in [3.05, 3.63) is 35.9 Å². The number of aliphatic carboxylic acids is 1. The highest BCUT2D eigenvalue weighted by atomic mass is 35.5. The third-order valence-electron chi connectivity index (χ3n) is 1.10. The Morgan fingerprint density at radius 2 is 1.79 bits per heavy atom. The third-order valence-corrected chi connectivity index (χ3v) is 1.39. The van der Waals surface area contributed by atoms with Crippen molar-refractivity contribution < 1.29 is 15.1 Å². The Labute approximate surface area is 86.4 Å². The molecule has 1 aromatic carbocycles. The van der Waals surface area contributed by atoms with E-state index in [1.165, 1.54) is 0 Å². The maximum atomic E-state index is 9.00. The summed E-state index contributed by atoms with van der Waals surface area (Å²) in [5.41, 5.74) is 0.715. The highest BCUT2D eigenvalue weighted by molar-refractivity contribution is 6.69. The molecule has 4 nitrogen and oxygen atoms in total. The van der Waals surface area contributed by atoms with Crippen LogP contribution >= 0.6 is 11.6 Å². The molecule has 14 heavy (non-hydrogen) atoms. The first-order valence-electron chi connectivity index (χ1n) is 3.70. The lowest BCUT2D eigenvalue weighted by molar-refractivity contribution is -0.134. The molecule has 0 saturated carbocycles. The van der Waals surface area contributed by atoms with Crippen LogP contribution in [0.1, 0.15) is 12.5 Å². The highest BCUT2D eigenvalue weighted by Crippen LogP contribution is 2.02. The normalized spacial score (nSPS) is 10.0. The Bertz CT molecular complexity index is 307. The number of carboxylic acids is 1. The molecular weight excluding hydrogens is 206 g/mol. The standard InChI is InChI=1S/C7H6ClNO.C2H4O2/c8-7(9-10)6-4-2-1-3-5-6;1-2(3)4/h1-5,10H;1H3,(H,3,4)/b9-7+;. The molecule has 0 bridgehead atoms. The zero-order valence-corrected chi connectivity index (χ0v) is 8.27. The molecule has 0 aliphatic carbocycles. The first kappa shape index (κ1) is 12.4. The van der Waals surface area contributed by atoms with E-state index in [9.17, 15) is 0 Å². The average molecular weight is 216 g/mol. The SMILES string of the molecule is CC(=O)O.O/N=C(/Cl)c1ccccc1. The molecule has 0 saturated heterocycles. The van der Waals surface area contributed by atoms with Gasteiger partial charge in [0.1, 0.15) is 0 Å². The van der Waals surface area contributed by atoms with Crippen molar-refractivity contribution in [2.24, 2.45) is 5.16 Å². The van der Waals surface area contributed by atoms with E-state index < -0.39 is 5.97 Å². The molecule has 0 fully saturated rings. The van der Waals surface area contributed by atoms with Crippen LogP contribution < -0.4 is 0 Å². The van der Waals surface area contributed by atoms with Crippen LogP contribution in [0.3, 0.4) is 0 Å². The lowest BCUT2D eigenvalue weighted by Crippen LogP contribution is -1.88. The molecule has 0 atom stereocenters. The number of halogens is 1. The number of carbonyl (C=O) groups is 1. The number of oxime groups is 1. The topological polar surface area (TPSA) is 69.9 Å². The Balaban J connectivity index is 0.000000364. The van der Waals surface area contributed by atoms with Gasteiger partial charge in [0.2, 0.25) is 0 Å². The van der Waals surface area contributed by atoms with E-state index in [1.807, 2.05) is 18.2 Å². The monoisotopic (exact) mass is 215 g/mol. The molecule has 0 radical (unpaired) electrons. The molecule has 0 aliphatic rings. The Morgan fingerprint density at radius 3 is 2.14 bits per heavy atom. The molecular formula is C9H10ClNO3. The van der Waals surface area contributed by atoms with Crippen molar-refractivity contribution in [3.63, 3.8) is 0 Å². The van der Waals surface area contributed by atoms with Crippen LogP contribution in [0, 0.1) is 0 Å². The van der Waals surface area contributed by atoms with Crippen molar-refractivity contribution >= 4 is 22.7 Å². The molecule has 0 aliphatic heterocycles. The van der Waals surface area contributed by atoms with Crippen LogP contribution in [0.15, 0.2) is 35.5 Å². The fourth-order valence-corrected chi connectivity index (χ4v) is 0.759. The van der Waals surface area contributed by atoms with Crippen LogP contribution in [0.25, 0.3) is 0 Å². The van der Waals surface area contributed by atoms with Crippen LogP contribution in [-0.4, -0.2) is 21.5 Å². The van der Waals surface area contributed by atoms with E-state index >= 15 is 0 Å². The van der Waals surface area contributed by atoms with E-state index in [0.717, 1.165) is 6.92 Å². The Morgan fingerprint density at radius 1 is 1.36 bits per heavy atom. The molecule has 0 aromatic heterocycles. The summed E-state index contributed by atoms with van der Waals surface area (Å²) >= 11 is 5.49. The van der Waals surface area contributed by atoms with Gasteiger partial charge in [0, 0.05) is 12.5 Å². The van der Waals surface area contributed by atoms with Crippen molar-refractivity contribution in [1.82, 2.24) is 0 Å². The summed E-state index contributed by atoms with van der Waals surface area (Å²) in [6.45, 7) is 1.08. The molecule has 0 unspecified atom stereocenters. The van der Waals surface area contributed by atoms with Crippen LogP contribution in [-0.2, 0) is 4.79 Å². The average Bonchev–Trinajstić information content (AvgIpc) is 2.17. The summed E-state index contributed by atoms with van der Waals surface area (Å²) in [5, 5.41) is 18.6. The van der Waals surface area contributed by atoms with Gasteiger partial charge < -0.3 is 10.3 Å². The van der Waals surface area contributed by atoms with E-state index in [4.69, 9.17) is 26.7 Å². The van der Waals surface area contributed by atoms with Gasteiger partial charge in [-0.05, 0) is 0 Å². The second-order valence-corrected chi connectivity index (χ2v) is 2.63. The lowest BCUT2D eigenvalue weighted by Gasteiger charge is -1.91. The highest BCUT2D eigenvalue weighted by Gasteiger charge is 1.95. The number of hydrogen-bond acceptors (Lipinski definition) is 3. The second kappa shape index (κ2) is 6.91. The summed E-state index contributed by atoms with van der Waals surface area (Å²) < 4.78 is 0. The molecule has 1 rings (SSSR count). The maximum absolute atomic E-state index is 9.00. The molecule has 5 heteroatoms. The quantitative estimate of drug-likeness (QED) is 0.428. The van der Waals surface area contributed by atoms with Crippen molar-refractivity contribution in [2.45, 2.75) is 6.92 Å². The molecule has 0 amide bonds. The smallest absolute Gasteiger partial charge is 0.300 e. The van der Waals surface area contributed by atoms with Gasteiger partial charge in [-0.2, -0.15) is 0 Å². The minimum Gasteiger partial charge on any atom is -0.481 e. The Hall–Kier alpha value is -1.55. The van der Waals surface area contributed by atoms with Gasteiger partial charge >= 0.3 is 0 Å². The summed E-state index contributed by atoms with van der Waals surface area (Å²) in [5.74, 6) is -0.833. The van der Waals surface area contributed by atoms with Gasteiger partial charge in [0.05, 0.1) is 0 Å². The van der Waals surface area contributed by atoms with Crippen LogP contribution in [0.5, 0.6) is 0 Å². The minimum atomic E-state index is -0.833. The third kappa shape index (κ3) is 6.02. The molecule has 0 spiro atoms. The van der Waals surface area contributed by atoms with E-state index in [2.05, 4.69) is 5.16 Å². The molecule has 0 heterocycles. The van der Waals surface area contributed by atoms with E-state index in [-0.39, 0.29) is 5.17 Å². The van der Waals surface area contributed by atoms with Gasteiger partial charge in [-0.1, -0.05) is 47.1 Å². The zero-order valence-electron chi connectivity index (χ0n) is 7.51. The van der Waals surface area contributed by atoms with Crippen molar-refractivity contribution in [1.29, 1.82) is 0 Å². The summed E-state index contributed by atoms with van der Waals surface area (Å²) in [4.78, 5) is 9.00. The summed E-state index contributed by atoms with van der Waals surface area (Å²) in [7, 11) is 0. The number of carboxylic acid groups (broad SMARTS) is 1. The van der Waals surface area contributed by atoms with Gasteiger partial charge in [0.15, 0.2) is 5.17 Å². The predicted octanol–water partition coefficient (Wildman–Crippen LogP) is 2.15. The lowest BCUT2D eigenvalue weighted by atomic mass is 10.2. The van der Waals surface area contributed by atoms with Crippen LogP contribution in [0.4, 0.5) is 0 Å².